The number of nitrogens with one attached hydrogen (secondary N) is 2. The number of carbonyl (C=O) groups is 1. The molecule has 2 aromatic carbocycles. The van der Waals surface area contributed by atoms with E-state index in [-0.39, 0.29) is 37.0 Å². The van der Waals surface area contributed by atoms with Crippen molar-refractivity contribution in [3.05, 3.63) is 65.2 Å². The molecule has 0 amide bonds. The highest BCUT2D eigenvalue weighted by Gasteiger charge is 2.23. The molecule has 0 unspecified atom stereocenters. The molecule has 0 spiro atoms. The minimum Gasteiger partial charge on any atom is -0.462 e. The highest BCUT2D eigenvalue weighted by Crippen LogP contribution is 2.31. The fourth-order valence-electron chi connectivity index (χ4n) is 2.66. The third-order valence-corrected chi connectivity index (χ3v) is 4.28. The number of aliphatic hydroxyl groups excluding tert-OH is 1. The molecule has 29 heavy (non-hydrogen) atoms. The van der Waals surface area contributed by atoms with Crippen molar-refractivity contribution in [2.24, 2.45) is 0 Å². The zero-order chi connectivity index (χ0) is 20.6. The van der Waals surface area contributed by atoms with Crippen LogP contribution in [-0.2, 0) is 4.74 Å². The van der Waals surface area contributed by atoms with Gasteiger partial charge in [0, 0.05) is 12.1 Å². The summed E-state index contributed by atoms with van der Waals surface area (Å²) in [6.45, 7) is 2.01. The fraction of sp³-hybridized carbons (Fsp3) is 0.190. The smallest absolute Gasteiger partial charge is 0.345 e. The van der Waals surface area contributed by atoms with E-state index in [0.29, 0.717) is 16.5 Å². The summed E-state index contributed by atoms with van der Waals surface area (Å²) in [6, 6.07) is 16.5. The number of halogens is 1. The first-order chi connectivity index (χ1) is 14.1. The first-order valence-electron chi connectivity index (χ1n) is 9.15. The molecule has 0 saturated carbocycles. The zero-order valence-corrected chi connectivity index (χ0v) is 16.6. The Hall–Kier alpha value is -3.16. The van der Waals surface area contributed by atoms with E-state index >= 15 is 0 Å². The first-order valence-corrected chi connectivity index (χ1v) is 9.52. The van der Waals surface area contributed by atoms with Gasteiger partial charge in [0.25, 0.3) is 0 Å². The summed E-state index contributed by atoms with van der Waals surface area (Å²) in [5, 5.41) is 15.8. The van der Waals surface area contributed by atoms with Gasteiger partial charge < -0.3 is 20.5 Å². The number of aliphatic hydroxyl groups is 1. The number of hydrogen-bond acceptors (Lipinski definition) is 7. The van der Waals surface area contributed by atoms with Crippen molar-refractivity contribution in [2.45, 2.75) is 6.92 Å². The summed E-state index contributed by atoms with van der Waals surface area (Å²) in [4.78, 5) is 21.8. The topological polar surface area (TPSA) is 96.4 Å². The molecule has 0 aliphatic heterocycles. The zero-order valence-electron chi connectivity index (χ0n) is 15.9. The number of esters is 1. The molecule has 3 rings (SSSR count). The van der Waals surface area contributed by atoms with Crippen LogP contribution in [0.15, 0.2) is 54.6 Å². The minimum absolute atomic E-state index is 0.125. The maximum Gasteiger partial charge on any atom is 0.345 e. The lowest BCUT2D eigenvalue weighted by molar-refractivity contribution is 0.0528. The first kappa shape index (κ1) is 20.6. The predicted molar refractivity (Wildman–Crippen MR) is 114 cm³/mol. The maximum absolute atomic E-state index is 12.7. The van der Waals surface area contributed by atoms with E-state index in [1.165, 1.54) is 0 Å². The van der Waals surface area contributed by atoms with Gasteiger partial charge in [-0.25, -0.2) is 14.8 Å². The van der Waals surface area contributed by atoms with E-state index in [0.717, 1.165) is 5.56 Å². The molecule has 0 atom stereocenters. The Balaban J connectivity index is 2.17. The van der Waals surface area contributed by atoms with Crippen LogP contribution in [0.3, 0.4) is 0 Å². The van der Waals surface area contributed by atoms with E-state index in [4.69, 9.17) is 16.3 Å². The minimum atomic E-state index is -0.581. The van der Waals surface area contributed by atoms with E-state index in [9.17, 15) is 9.90 Å². The van der Waals surface area contributed by atoms with Gasteiger partial charge in [0.1, 0.15) is 11.4 Å². The van der Waals surface area contributed by atoms with Gasteiger partial charge in [0.2, 0.25) is 0 Å². The second-order valence-electron chi connectivity index (χ2n) is 5.96. The van der Waals surface area contributed by atoms with Gasteiger partial charge in [-0.1, -0.05) is 54.1 Å². The van der Waals surface area contributed by atoms with Gasteiger partial charge in [-0.05, 0) is 19.1 Å². The Bertz CT molecular complexity index is 983. The Morgan fingerprint density at radius 2 is 1.76 bits per heavy atom. The Morgan fingerprint density at radius 1 is 1.07 bits per heavy atom. The van der Waals surface area contributed by atoms with Gasteiger partial charge in [-0.2, -0.15) is 0 Å². The molecule has 0 saturated heterocycles. The largest absolute Gasteiger partial charge is 0.462 e. The van der Waals surface area contributed by atoms with E-state index in [2.05, 4.69) is 20.6 Å². The van der Waals surface area contributed by atoms with Gasteiger partial charge in [0.05, 0.1) is 23.9 Å². The molecule has 0 radical (unpaired) electrons. The van der Waals surface area contributed by atoms with Crippen LogP contribution < -0.4 is 10.6 Å². The SMILES string of the molecule is CCOC(=O)c1c(NCCO)nc(-c2ccccc2)nc1Nc1ccccc1Cl. The standard InChI is InChI=1S/C21H21ClN4O3/c1-2-29-21(28)17-19(23-12-13-27)25-18(14-8-4-3-5-9-14)26-20(17)24-16-11-7-6-10-15(16)22/h3-11,27H,2,12-13H2,1H3,(H2,23,24,25,26). The molecule has 8 heteroatoms. The van der Waals surface area contributed by atoms with Crippen molar-refractivity contribution in [1.29, 1.82) is 0 Å². The molecule has 3 N–H and O–H groups in total. The lowest BCUT2D eigenvalue weighted by Crippen LogP contribution is -2.17. The van der Waals surface area contributed by atoms with Crippen LogP contribution in [-0.4, -0.2) is 40.8 Å². The van der Waals surface area contributed by atoms with Crippen LogP contribution in [0.25, 0.3) is 11.4 Å². The molecule has 0 aliphatic rings. The molecule has 1 aromatic heterocycles. The molecule has 0 fully saturated rings. The number of benzene rings is 2. The van der Waals surface area contributed by atoms with Crippen molar-refractivity contribution in [3.8, 4) is 11.4 Å². The number of para-hydroxylation sites is 1. The van der Waals surface area contributed by atoms with Crippen LogP contribution in [0.1, 0.15) is 17.3 Å². The summed E-state index contributed by atoms with van der Waals surface area (Å²) in [6.07, 6.45) is 0. The third-order valence-electron chi connectivity index (χ3n) is 3.95. The molecule has 0 bridgehead atoms. The van der Waals surface area contributed by atoms with Crippen LogP contribution in [0.5, 0.6) is 0 Å². The van der Waals surface area contributed by atoms with Crippen molar-refractivity contribution < 1.29 is 14.6 Å². The van der Waals surface area contributed by atoms with E-state index < -0.39 is 5.97 Å². The van der Waals surface area contributed by atoms with Crippen LogP contribution in [0, 0.1) is 0 Å². The molecule has 3 aromatic rings. The number of anilines is 3. The average Bonchev–Trinajstić information content (AvgIpc) is 2.74. The Kier molecular flexibility index (Phi) is 6.99. The molecular formula is C21H21ClN4O3. The maximum atomic E-state index is 12.7. The van der Waals surface area contributed by atoms with Crippen molar-refractivity contribution in [2.75, 3.05) is 30.4 Å². The lowest BCUT2D eigenvalue weighted by Gasteiger charge is -2.17. The van der Waals surface area contributed by atoms with Gasteiger partial charge in [0.15, 0.2) is 11.6 Å². The summed E-state index contributed by atoms with van der Waals surface area (Å²) < 4.78 is 5.21. The normalized spacial score (nSPS) is 10.4. The lowest BCUT2D eigenvalue weighted by atomic mass is 10.2. The number of ether oxygens (including phenoxy) is 1. The van der Waals surface area contributed by atoms with Gasteiger partial charge in [-0.3, -0.25) is 0 Å². The fourth-order valence-corrected chi connectivity index (χ4v) is 2.84. The third kappa shape index (κ3) is 5.01. The number of carbonyl (C=O) groups excluding carboxylic acids is 1. The van der Waals surface area contributed by atoms with Crippen molar-refractivity contribution >= 4 is 34.9 Å². The Labute approximate surface area is 173 Å². The van der Waals surface area contributed by atoms with Crippen LogP contribution in [0.4, 0.5) is 17.3 Å². The summed E-state index contributed by atoms with van der Waals surface area (Å²) in [5.41, 5.74) is 1.50. The number of nitrogens with zero attached hydrogens (tertiary/aromatic N) is 2. The summed E-state index contributed by atoms with van der Waals surface area (Å²) in [5.74, 6) is 0.350. The van der Waals surface area contributed by atoms with Crippen LogP contribution >= 0.6 is 11.6 Å². The number of aromatic nitrogens is 2. The second kappa shape index (κ2) is 9.86. The molecule has 7 nitrogen and oxygen atoms in total. The second-order valence-corrected chi connectivity index (χ2v) is 6.37. The Morgan fingerprint density at radius 3 is 2.45 bits per heavy atom. The van der Waals surface area contributed by atoms with E-state index in [1.807, 2.05) is 42.5 Å². The van der Waals surface area contributed by atoms with Crippen molar-refractivity contribution in [3.63, 3.8) is 0 Å². The summed E-state index contributed by atoms with van der Waals surface area (Å²) >= 11 is 6.28. The van der Waals surface area contributed by atoms with Gasteiger partial charge in [-0.15, -0.1) is 0 Å². The number of hydrogen-bond donors (Lipinski definition) is 3. The molecule has 150 valence electrons. The molecule has 1 heterocycles. The summed E-state index contributed by atoms with van der Waals surface area (Å²) in [7, 11) is 0. The van der Waals surface area contributed by atoms with Crippen molar-refractivity contribution in [1.82, 2.24) is 9.97 Å². The predicted octanol–water partition coefficient (Wildman–Crippen LogP) is 4.12. The van der Waals surface area contributed by atoms with Crippen LogP contribution in [0.2, 0.25) is 5.02 Å². The quantitative estimate of drug-likeness (QED) is 0.479. The molecular weight excluding hydrogens is 392 g/mol. The average molecular weight is 413 g/mol. The number of rotatable bonds is 8. The highest BCUT2D eigenvalue weighted by molar-refractivity contribution is 6.33. The molecule has 0 aliphatic carbocycles. The van der Waals surface area contributed by atoms with E-state index in [1.54, 1.807) is 19.1 Å². The highest BCUT2D eigenvalue weighted by atomic mass is 35.5. The monoisotopic (exact) mass is 412 g/mol. The van der Waals surface area contributed by atoms with Gasteiger partial charge >= 0.3 is 5.97 Å².